The first-order valence-electron chi connectivity index (χ1n) is 11.6. The molecule has 7 rings (SSSR count). The summed E-state index contributed by atoms with van der Waals surface area (Å²) in [5.41, 5.74) is 9.36. The van der Waals surface area contributed by atoms with Crippen molar-refractivity contribution in [2.75, 3.05) is 0 Å². The molecule has 160 valence electrons. The third kappa shape index (κ3) is 2.83. The zero-order chi connectivity index (χ0) is 22.6. The van der Waals surface area contributed by atoms with E-state index in [1.807, 2.05) is 18.2 Å². The molecule has 2 heterocycles. The molecule has 0 aliphatic carbocycles. The average molecular weight is 436 g/mol. The molecule has 0 N–H and O–H groups in total. The van der Waals surface area contributed by atoms with E-state index >= 15 is 0 Å². The molecule has 0 radical (unpaired) electrons. The van der Waals surface area contributed by atoms with E-state index < -0.39 is 0 Å². The monoisotopic (exact) mass is 436 g/mol. The fourth-order valence-electron chi connectivity index (χ4n) is 5.35. The second-order valence-electron chi connectivity index (χ2n) is 8.96. The molecular weight excluding hydrogens is 415 g/mol. The van der Waals surface area contributed by atoms with Crippen LogP contribution in [0.5, 0.6) is 23.0 Å². The molecule has 0 saturated carbocycles. The van der Waals surface area contributed by atoms with Gasteiger partial charge in [-0.3, -0.25) is 0 Å². The van der Waals surface area contributed by atoms with Crippen molar-refractivity contribution in [3.8, 4) is 45.3 Å². The van der Waals surface area contributed by atoms with Crippen LogP contribution in [0.4, 0.5) is 0 Å². The number of hydrogen-bond donors (Lipinski definition) is 0. The molecule has 0 atom stereocenters. The molecule has 3 heteroatoms. The highest BCUT2D eigenvalue weighted by molar-refractivity contribution is 6.98. The van der Waals surface area contributed by atoms with Gasteiger partial charge in [-0.15, -0.1) is 0 Å². The van der Waals surface area contributed by atoms with Crippen LogP contribution >= 0.6 is 0 Å². The fraction of sp³-hybridized carbons (Fsp3) is 0.0323. The summed E-state index contributed by atoms with van der Waals surface area (Å²) in [5.74, 6) is 3.58. The number of rotatable bonds is 2. The number of para-hydroxylation sites is 1. The van der Waals surface area contributed by atoms with Gasteiger partial charge in [0.05, 0.1) is 0 Å². The van der Waals surface area contributed by atoms with E-state index in [9.17, 15) is 0 Å². The molecule has 0 spiro atoms. The second kappa shape index (κ2) is 7.39. The summed E-state index contributed by atoms with van der Waals surface area (Å²) in [4.78, 5) is 0. The van der Waals surface area contributed by atoms with Crippen molar-refractivity contribution in [2.45, 2.75) is 6.92 Å². The molecule has 0 saturated heterocycles. The van der Waals surface area contributed by atoms with Gasteiger partial charge in [0.1, 0.15) is 23.0 Å². The molecule has 0 bridgehead atoms. The normalized spacial score (nSPS) is 12.7. The van der Waals surface area contributed by atoms with Crippen molar-refractivity contribution in [1.29, 1.82) is 0 Å². The summed E-state index contributed by atoms with van der Waals surface area (Å²) in [6.45, 7) is 2.21. The van der Waals surface area contributed by atoms with Crippen LogP contribution in [0.15, 0.2) is 109 Å². The molecule has 5 aromatic carbocycles. The molecule has 0 aromatic heterocycles. The van der Waals surface area contributed by atoms with Crippen molar-refractivity contribution < 1.29 is 9.47 Å². The zero-order valence-corrected chi connectivity index (χ0v) is 18.8. The van der Waals surface area contributed by atoms with E-state index in [1.165, 1.54) is 27.6 Å². The highest BCUT2D eigenvalue weighted by atomic mass is 16.5. The van der Waals surface area contributed by atoms with Crippen molar-refractivity contribution in [3.63, 3.8) is 0 Å². The van der Waals surface area contributed by atoms with Gasteiger partial charge >= 0.3 is 0 Å². The maximum Gasteiger partial charge on any atom is 0.260 e. The van der Waals surface area contributed by atoms with Crippen molar-refractivity contribution in [1.82, 2.24) is 0 Å². The van der Waals surface area contributed by atoms with E-state index in [1.54, 1.807) is 0 Å². The Labute approximate surface area is 199 Å². The Morgan fingerprint density at radius 1 is 0.529 bits per heavy atom. The van der Waals surface area contributed by atoms with E-state index in [2.05, 4.69) is 97.9 Å². The third-order valence-corrected chi connectivity index (χ3v) is 6.97. The summed E-state index contributed by atoms with van der Waals surface area (Å²) < 4.78 is 13.0. The molecule has 34 heavy (non-hydrogen) atoms. The van der Waals surface area contributed by atoms with Crippen LogP contribution in [0, 0.1) is 6.92 Å². The second-order valence-corrected chi connectivity index (χ2v) is 8.96. The minimum absolute atomic E-state index is 0.0625. The first kappa shape index (κ1) is 19.3. The highest BCUT2D eigenvalue weighted by Crippen LogP contribution is 2.40. The lowest BCUT2D eigenvalue weighted by molar-refractivity contribution is 0.465. The van der Waals surface area contributed by atoms with Crippen LogP contribution < -0.4 is 25.9 Å². The third-order valence-electron chi connectivity index (χ3n) is 6.97. The van der Waals surface area contributed by atoms with Gasteiger partial charge in [0, 0.05) is 11.0 Å². The van der Waals surface area contributed by atoms with Gasteiger partial charge in [-0.2, -0.15) is 0 Å². The molecular formula is C31H21BO2. The van der Waals surface area contributed by atoms with Crippen LogP contribution in [-0.4, -0.2) is 6.71 Å². The largest absolute Gasteiger partial charge is 0.458 e. The van der Waals surface area contributed by atoms with E-state index in [0.717, 1.165) is 39.6 Å². The molecule has 2 aliphatic heterocycles. The van der Waals surface area contributed by atoms with E-state index in [-0.39, 0.29) is 6.71 Å². The lowest BCUT2D eigenvalue weighted by Crippen LogP contribution is -2.57. The molecule has 0 unspecified atom stereocenters. The predicted octanol–water partition coefficient (Wildman–Crippen LogP) is 6.06. The Hall–Kier alpha value is -4.24. The molecule has 2 aliphatic rings. The molecule has 5 aromatic rings. The van der Waals surface area contributed by atoms with Crippen LogP contribution in [0.1, 0.15) is 5.56 Å². The smallest absolute Gasteiger partial charge is 0.260 e. The van der Waals surface area contributed by atoms with Crippen LogP contribution in [-0.2, 0) is 0 Å². The summed E-state index contributed by atoms with van der Waals surface area (Å²) >= 11 is 0. The minimum atomic E-state index is 0.0625. The lowest BCUT2D eigenvalue weighted by atomic mass is 9.34. The topological polar surface area (TPSA) is 18.5 Å². The van der Waals surface area contributed by atoms with Gasteiger partial charge in [-0.1, -0.05) is 91.0 Å². The van der Waals surface area contributed by atoms with Crippen molar-refractivity contribution in [2.24, 2.45) is 0 Å². The molecule has 0 fully saturated rings. The quantitative estimate of drug-likeness (QED) is 0.307. The summed E-state index contributed by atoms with van der Waals surface area (Å²) in [6.07, 6.45) is 0. The van der Waals surface area contributed by atoms with Crippen molar-refractivity contribution in [3.05, 3.63) is 115 Å². The fourth-order valence-corrected chi connectivity index (χ4v) is 5.35. The first-order chi connectivity index (χ1) is 16.8. The molecule has 0 amide bonds. The number of hydrogen-bond acceptors (Lipinski definition) is 2. The Bertz CT molecular complexity index is 1570. The van der Waals surface area contributed by atoms with Gasteiger partial charge in [0.2, 0.25) is 0 Å². The van der Waals surface area contributed by atoms with Crippen molar-refractivity contribution >= 4 is 23.1 Å². The Morgan fingerprint density at radius 3 is 2.12 bits per heavy atom. The van der Waals surface area contributed by atoms with Gasteiger partial charge in [0.15, 0.2) is 0 Å². The van der Waals surface area contributed by atoms with Gasteiger partial charge in [0.25, 0.3) is 6.71 Å². The highest BCUT2D eigenvalue weighted by Gasteiger charge is 2.40. The Kier molecular flexibility index (Phi) is 4.19. The van der Waals surface area contributed by atoms with E-state index in [4.69, 9.17) is 9.47 Å². The van der Waals surface area contributed by atoms with Gasteiger partial charge in [-0.25, -0.2) is 0 Å². The Balaban J connectivity index is 1.45. The maximum atomic E-state index is 6.59. The molecule has 2 nitrogen and oxygen atoms in total. The number of benzene rings is 5. The summed E-state index contributed by atoms with van der Waals surface area (Å²) in [6, 6.07) is 38.1. The summed E-state index contributed by atoms with van der Waals surface area (Å²) in [7, 11) is 0. The average Bonchev–Trinajstić information content (AvgIpc) is 2.89. The first-order valence-corrected chi connectivity index (χ1v) is 11.6. The maximum absolute atomic E-state index is 6.59. The number of ether oxygens (including phenoxy) is 2. The predicted molar refractivity (Wildman–Crippen MR) is 140 cm³/mol. The standard InChI is InChI=1S/C31H21BO2/c1-20-9-5-6-12-23(20)24-13-7-14-26-31(24)34-28-16-8-15-27-30(28)32(26)25-18-17-22(19-29(25)33-27)21-10-3-2-4-11-21/h2-19H,1H3. The van der Waals surface area contributed by atoms with Crippen LogP contribution in [0.2, 0.25) is 0 Å². The minimum Gasteiger partial charge on any atom is -0.458 e. The zero-order valence-electron chi connectivity index (χ0n) is 18.8. The van der Waals surface area contributed by atoms with E-state index in [0.29, 0.717) is 0 Å². The number of fused-ring (bicyclic) bond motifs is 4. The number of aryl methyl sites for hydroxylation is 1. The van der Waals surface area contributed by atoms with Gasteiger partial charge in [-0.05, 0) is 58.3 Å². The van der Waals surface area contributed by atoms with Crippen LogP contribution in [0.25, 0.3) is 22.3 Å². The lowest BCUT2D eigenvalue weighted by Gasteiger charge is -2.34. The SMILES string of the molecule is Cc1ccccc1-c1cccc2c1Oc1cccc3c1B2c1ccc(-c2ccccc2)cc1O3. The van der Waals surface area contributed by atoms with Crippen LogP contribution in [0.3, 0.4) is 0 Å². The Morgan fingerprint density at radius 2 is 1.26 bits per heavy atom. The van der Waals surface area contributed by atoms with Gasteiger partial charge < -0.3 is 9.47 Å². The summed E-state index contributed by atoms with van der Waals surface area (Å²) in [5, 5.41) is 0.